The quantitative estimate of drug-likeness (QED) is 0.910. The van der Waals surface area contributed by atoms with Gasteiger partial charge in [0.1, 0.15) is 0 Å². The van der Waals surface area contributed by atoms with E-state index in [2.05, 4.69) is 34.1 Å². The molecular formula is C13H18BrNS. The van der Waals surface area contributed by atoms with Crippen LogP contribution in [0.5, 0.6) is 0 Å². The van der Waals surface area contributed by atoms with Crippen molar-refractivity contribution in [3.8, 4) is 0 Å². The van der Waals surface area contributed by atoms with Crippen molar-refractivity contribution in [3.63, 3.8) is 0 Å². The molecule has 0 aliphatic heterocycles. The molecule has 0 amide bonds. The van der Waals surface area contributed by atoms with Crippen molar-refractivity contribution < 1.29 is 0 Å². The minimum atomic E-state index is 0.736. The van der Waals surface area contributed by atoms with Crippen LogP contribution in [0.4, 0.5) is 0 Å². The van der Waals surface area contributed by atoms with Crippen LogP contribution in [-0.4, -0.2) is 11.8 Å². The van der Waals surface area contributed by atoms with Gasteiger partial charge in [-0.15, -0.1) is 11.8 Å². The van der Waals surface area contributed by atoms with Crippen LogP contribution < -0.4 is 5.73 Å². The van der Waals surface area contributed by atoms with Gasteiger partial charge in [-0.25, -0.2) is 0 Å². The molecule has 2 N–H and O–H groups in total. The van der Waals surface area contributed by atoms with Crippen molar-refractivity contribution in [1.82, 2.24) is 0 Å². The number of benzene rings is 1. The summed E-state index contributed by atoms with van der Waals surface area (Å²) in [7, 11) is 0. The predicted octanol–water partition coefficient (Wildman–Crippen LogP) is 3.99. The summed E-state index contributed by atoms with van der Waals surface area (Å²) in [6.07, 6.45) is 6.54. The third kappa shape index (κ3) is 3.25. The first-order valence-electron chi connectivity index (χ1n) is 5.95. The number of thioether (sulfide) groups is 1. The zero-order chi connectivity index (χ0) is 11.4. The van der Waals surface area contributed by atoms with Gasteiger partial charge >= 0.3 is 0 Å². The highest BCUT2D eigenvalue weighted by atomic mass is 79.9. The van der Waals surface area contributed by atoms with Crippen molar-refractivity contribution in [2.24, 2.45) is 5.73 Å². The first-order valence-corrected chi connectivity index (χ1v) is 7.62. The third-order valence-electron chi connectivity index (χ3n) is 3.04. The lowest BCUT2D eigenvalue weighted by Gasteiger charge is -2.13. The second kappa shape index (κ2) is 6.08. The Hall–Kier alpha value is 0.01000. The largest absolute Gasteiger partial charge is 0.330 e. The molecule has 1 nitrogen and oxygen atoms in total. The Balaban J connectivity index is 2.12. The van der Waals surface area contributed by atoms with E-state index in [0.29, 0.717) is 0 Å². The second-order valence-corrected chi connectivity index (χ2v) is 6.57. The number of rotatable bonds is 4. The van der Waals surface area contributed by atoms with Crippen molar-refractivity contribution in [3.05, 3.63) is 28.2 Å². The molecule has 16 heavy (non-hydrogen) atoms. The second-order valence-electron chi connectivity index (χ2n) is 4.32. The van der Waals surface area contributed by atoms with Crippen molar-refractivity contribution in [1.29, 1.82) is 0 Å². The van der Waals surface area contributed by atoms with Crippen LogP contribution in [0.2, 0.25) is 0 Å². The zero-order valence-electron chi connectivity index (χ0n) is 9.42. The predicted molar refractivity (Wildman–Crippen MR) is 75.0 cm³/mol. The monoisotopic (exact) mass is 299 g/mol. The molecule has 0 spiro atoms. The molecule has 1 aromatic carbocycles. The summed E-state index contributed by atoms with van der Waals surface area (Å²) in [5.74, 6) is 0. The molecule has 0 atom stereocenters. The summed E-state index contributed by atoms with van der Waals surface area (Å²) < 4.78 is 1.17. The molecule has 2 rings (SSSR count). The molecule has 0 aromatic heterocycles. The fourth-order valence-electron chi connectivity index (χ4n) is 2.19. The lowest BCUT2D eigenvalue weighted by molar-refractivity contribution is 0.886. The van der Waals surface area contributed by atoms with E-state index in [1.165, 1.54) is 40.6 Å². The van der Waals surface area contributed by atoms with Gasteiger partial charge in [-0.05, 0) is 43.5 Å². The average molecular weight is 300 g/mol. The summed E-state index contributed by atoms with van der Waals surface area (Å²) in [6, 6.07) is 6.56. The van der Waals surface area contributed by atoms with E-state index in [4.69, 9.17) is 5.73 Å². The molecule has 0 bridgehead atoms. The Morgan fingerprint density at radius 3 is 2.75 bits per heavy atom. The minimum Gasteiger partial charge on any atom is -0.330 e. The van der Waals surface area contributed by atoms with E-state index < -0.39 is 0 Å². The molecule has 0 saturated heterocycles. The molecule has 88 valence electrons. The summed E-state index contributed by atoms with van der Waals surface area (Å²) in [6.45, 7) is 0.736. The molecule has 1 aliphatic carbocycles. The molecular weight excluding hydrogens is 282 g/mol. The average Bonchev–Trinajstić information content (AvgIpc) is 2.75. The standard InChI is InChI=1S/C13H18BrNS/c14-11-6-5-10(7-8-15)13(9-11)16-12-3-1-2-4-12/h5-6,9,12H,1-4,7-8,15H2. The van der Waals surface area contributed by atoms with E-state index in [1.54, 1.807) is 0 Å². The molecule has 1 fully saturated rings. The van der Waals surface area contributed by atoms with Gasteiger partial charge in [0.15, 0.2) is 0 Å². The van der Waals surface area contributed by atoms with Gasteiger partial charge < -0.3 is 5.73 Å². The van der Waals surface area contributed by atoms with E-state index in [9.17, 15) is 0 Å². The van der Waals surface area contributed by atoms with Crippen LogP contribution in [0.15, 0.2) is 27.6 Å². The normalized spacial score (nSPS) is 16.9. The van der Waals surface area contributed by atoms with Crippen molar-refractivity contribution >= 4 is 27.7 Å². The number of nitrogens with two attached hydrogens (primary N) is 1. The van der Waals surface area contributed by atoms with E-state index in [1.807, 2.05) is 11.8 Å². The summed E-state index contributed by atoms with van der Waals surface area (Å²) >= 11 is 5.60. The first-order chi connectivity index (χ1) is 7.79. The highest BCUT2D eigenvalue weighted by Crippen LogP contribution is 2.37. The van der Waals surface area contributed by atoms with Gasteiger partial charge in [0.2, 0.25) is 0 Å². The number of hydrogen-bond acceptors (Lipinski definition) is 2. The molecule has 3 heteroatoms. The van der Waals surface area contributed by atoms with Crippen LogP contribution in [0, 0.1) is 0 Å². The van der Waals surface area contributed by atoms with Crippen LogP contribution in [0.3, 0.4) is 0 Å². The maximum Gasteiger partial charge on any atom is 0.0186 e. The van der Waals surface area contributed by atoms with E-state index >= 15 is 0 Å². The van der Waals surface area contributed by atoms with Gasteiger partial charge in [0, 0.05) is 14.6 Å². The van der Waals surface area contributed by atoms with Crippen molar-refractivity contribution in [2.75, 3.05) is 6.54 Å². The Morgan fingerprint density at radius 1 is 1.31 bits per heavy atom. The summed E-state index contributed by atoms with van der Waals surface area (Å²) in [5.41, 5.74) is 7.06. The third-order valence-corrected chi connectivity index (χ3v) is 4.97. The minimum absolute atomic E-state index is 0.736. The molecule has 1 saturated carbocycles. The highest BCUT2D eigenvalue weighted by molar-refractivity contribution is 9.10. The van der Waals surface area contributed by atoms with E-state index in [0.717, 1.165) is 18.2 Å². The lowest BCUT2D eigenvalue weighted by atomic mass is 10.1. The topological polar surface area (TPSA) is 26.0 Å². The number of halogens is 1. The first kappa shape index (κ1) is 12.5. The van der Waals surface area contributed by atoms with Gasteiger partial charge in [0.05, 0.1) is 0 Å². The maximum atomic E-state index is 5.65. The fraction of sp³-hybridized carbons (Fsp3) is 0.538. The SMILES string of the molecule is NCCc1ccc(Br)cc1SC1CCCC1. The van der Waals surface area contributed by atoms with Gasteiger partial charge in [-0.1, -0.05) is 34.8 Å². The van der Waals surface area contributed by atoms with Gasteiger partial charge in [0.25, 0.3) is 0 Å². The Labute approximate surface area is 110 Å². The molecule has 0 unspecified atom stereocenters. The van der Waals surface area contributed by atoms with Crippen LogP contribution >= 0.6 is 27.7 Å². The number of hydrogen-bond donors (Lipinski definition) is 1. The molecule has 0 heterocycles. The van der Waals surface area contributed by atoms with Crippen LogP contribution in [0.25, 0.3) is 0 Å². The van der Waals surface area contributed by atoms with Gasteiger partial charge in [-0.2, -0.15) is 0 Å². The van der Waals surface area contributed by atoms with E-state index in [-0.39, 0.29) is 0 Å². The van der Waals surface area contributed by atoms with Gasteiger partial charge in [-0.3, -0.25) is 0 Å². The van der Waals surface area contributed by atoms with Crippen LogP contribution in [0.1, 0.15) is 31.2 Å². The highest BCUT2D eigenvalue weighted by Gasteiger charge is 2.17. The summed E-state index contributed by atoms with van der Waals surface area (Å²) in [4.78, 5) is 1.42. The maximum absolute atomic E-state index is 5.65. The fourth-order valence-corrected chi connectivity index (χ4v) is 4.14. The smallest absolute Gasteiger partial charge is 0.0186 e. The Kier molecular flexibility index (Phi) is 4.74. The lowest BCUT2D eigenvalue weighted by Crippen LogP contribution is -2.04. The molecule has 1 aliphatic rings. The zero-order valence-corrected chi connectivity index (χ0v) is 11.8. The Bertz CT molecular complexity index is 348. The van der Waals surface area contributed by atoms with Crippen molar-refractivity contribution in [2.45, 2.75) is 42.2 Å². The molecule has 1 aromatic rings. The van der Waals surface area contributed by atoms with Crippen LogP contribution in [-0.2, 0) is 6.42 Å². The Morgan fingerprint density at radius 2 is 2.06 bits per heavy atom. The molecule has 0 radical (unpaired) electrons. The summed E-state index contributed by atoms with van der Waals surface area (Å²) in [5, 5.41) is 0.825.